The third-order valence-corrected chi connectivity index (χ3v) is 3.64. The molecule has 1 heterocycles. The molecule has 1 unspecified atom stereocenters. The van der Waals surface area contributed by atoms with E-state index < -0.39 is 0 Å². The lowest BCUT2D eigenvalue weighted by atomic mass is 9.96. The van der Waals surface area contributed by atoms with E-state index in [4.69, 9.17) is 0 Å². The van der Waals surface area contributed by atoms with E-state index in [1.165, 1.54) is 25.7 Å². The fraction of sp³-hybridized carbons (Fsp3) is 0.917. The molecule has 0 aromatic carbocycles. The van der Waals surface area contributed by atoms with Crippen LogP contribution in [0.3, 0.4) is 0 Å². The van der Waals surface area contributed by atoms with Crippen LogP contribution >= 0.6 is 0 Å². The maximum atomic E-state index is 12.2. The summed E-state index contributed by atoms with van der Waals surface area (Å²) in [5.74, 6) is 0.285. The van der Waals surface area contributed by atoms with Gasteiger partial charge in [-0.05, 0) is 33.6 Å². The minimum atomic E-state index is -0.375. The minimum absolute atomic E-state index is 0.285. The number of nitrogens with zero attached hydrogens (tertiary/aromatic N) is 1. The molecular formula is C12H22N2O. The summed E-state index contributed by atoms with van der Waals surface area (Å²) >= 11 is 0. The van der Waals surface area contributed by atoms with Crippen LogP contribution in [0.25, 0.3) is 0 Å². The van der Waals surface area contributed by atoms with Gasteiger partial charge in [-0.2, -0.15) is 0 Å². The van der Waals surface area contributed by atoms with Crippen molar-refractivity contribution in [3.63, 3.8) is 0 Å². The molecule has 15 heavy (non-hydrogen) atoms. The molecule has 2 aliphatic rings. The van der Waals surface area contributed by atoms with Crippen LogP contribution in [-0.2, 0) is 4.79 Å². The van der Waals surface area contributed by atoms with Crippen molar-refractivity contribution in [3.8, 4) is 0 Å². The standard InChI is InChI=1S/C12H22N2O/c1-9-8-14(10-6-4-5-7-10)11(15)12(2,3)13-9/h9-10,13H,4-8H2,1-3H3. The van der Waals surface area contributed by atoms with E-state index in [0.29, 0.717) is 12.1 Å². The van der Waals surface area contributed by atoms with Crippen molar-refractivity contribution in [3.05, 3.63) is 0 Å². The maximum absolute atomic E-state index is 12.2. The van der Waals surface area contributed by atoms with Gasteiger partial charge in [0.15, 0.2) is 0 Å². The van der Waals surface area contributed by atoms with Crippen molar-refractivity contribution >= 4 is 5.91 Å². The first kappa shape index (κ1) is 10.9. The molecule has 1 aliphatic carbocycles. The van der Waals surface area contributed by atoms with E-state index in [1.807, 2.05) is 13.8 Å². The summed E-state index contributed by atoms with van der Waals surface area (Å²) in [6.45, 7) is 7.03. The smallest absolute Gasteiger partial charge is 0.242 e. The van der Waals surface area contributed by atoms with Crippen molar-refractivity contribution in [2.75, 3.05) is 6.54 Å². The largest absolute Gasteiger partial charge is 0.337 e. The number of piperazine rings is 1. The Kier molecular flexibility index (Phi) is 2.75. The van der Waals surface area contributed by atoms with Crippen LogP contribution in [0.2, 0.25) is 0 Å². The zero-order valence-electron chi connectivity index (χ0n) is 10.0. The van der Waals surface area contributed by atoms with Gasteiger partial charge in [0.2, 0.25) is 5.91 Å². The number of hydrogen-bond donors (Lipinski definition) is 1. The molecule has 1 amide bonds. The summed E-state index contributed by atoms with van der Waals surface area (Å²) in [6, 6.07) is 0.930. The van der Waals surface area contributed by atoms with Crippen molar-refractivity contribution in [2.45, 2.75) is 64.1 Å². The van der Waals surface area contributed by atoms with Gasteiger partial charge in [-0.1, -0.05) is 12.8 Å². The lowest BCUT2D eigenvalue weighted by molar-refractivity contribution is -0.143. The summed E-state index contributed by atoms with van der Waals surface area (Å²) in [5.41, 5.74) is -0.375. The van der Waals surface area contributed by atoms with Crippen LogP contribution in [0, 0.1) is 0 Å². The second-order valence-corrected chi connectivity index (χ2v) is 5.57. The maximum Gasteiger partial charge on any atom is 0.242 e. The number of amides is 1. The summed E-state index contributed by atoms with van der Waals surface area (Å²) < 4.78 is 0. The molecule has 86 valence electrons. The predicted octanol–water partition coefficient (Wildman–Crippen LogP) is 1.53. The van der Waals surface area contributed by atoms with Crippen LogP contribution in [0.1, 0.15) is 46.5 Å². The quantitative estimate of drug-likeness (QED) is 0.712. The summed E-state index contributed by atoms with van der Waals surface area (Å²) in [5, 5.41) is 3.37. The predicted molar refractivity (Wildman–Crippen MR) is 60.6 cm³/mol. The van der Waals surface area contributed by atoms with Crippen molar-refractivity contribution in [2.24, 2.45) is 0 Å². The van der Waals surface area contributed by atoms with Gasteiger partial charge < -0.3 is 4.90 Å². The zero-order chi connectivity index (χ0) is 11.1. The van der Waals surface area contributed by atoms with Crippen LogP contribution in [-0.4, -0.2) is 35.0 Å². The van der Waals surface area contributed by atoms with Gasteiger partial charge >= 0.3 is 0 Å². The fourth-order valence-electron chi connectivity index (χ4n) is 2.99. The fourth-order valence-corrected chi connectivity index (χ4v) is 2.99. The van der Waals surface area contributed by atoms with E-state index in [0.717, 1.165) is 6.54 Å². The Morgan fingerprint density at radius 3 is 2.53 bits per heavy atom. The van der Waals surface area contributed by atoms with E-state index in [2.05, 4.69) is 17.1 Å². The van der Waals surface area contributed by atoms with E-state index in [9.17, 15) is 4.79 Å². The lowest BCUT2D eigenvalue weighted by Crippen LogP contribution is -2.66. The van der Waals surface area contributed by atoms with Crippen LogP contribution < -0.4 is 5.32 Å². The van der Waals surface area contributed by atoms with Gasteiger partial charge in [-0.25, -0.2) is 0 Å². The molecule has 1 N–H and O–H groups in total. The molecule has 2 rings (SSSR count). The highest BCUT2D eigenvalue weighted by atomic mass is 16.2. The molecule has 3 nitrogen and oxygen atoms in total. The molecule has 0 aromatic heterocycles. The monoisotopic (exact) mass is 210 g/mol. The van der Waals surface area contributed by atoms with Gasteiger partial charge in [-0.3, -0.25) is 10.1 Å². The summed E-state index contributed by atoms with van der Waals surface area (Å²) in [7, 11) is 0. The van der Waals surface area contributed by atoms with Gasteiger partial charge in [0, 0.05) is 18.6 Å². The Labute approximate surface area is 92.2 Å². The van der Waals surface area contributed by atoms with Crippen LogP contribution in [0.4, 0.5) is 0 Å². The Hall–Kier alpha value is -0.570. The number of carbonyl (C=O) groups is 1. The lowest BCUT2D eigenvalue weighted by Gasteiger charge is -2.44. The number of hydrogen-bond acceptors (Lipinski definition) is 2. The summed E-state index contributed by atoms with van der Waals surface area (Å²) in [4.78, 5) is 14.4. The molecule has 0 radical (unpaired) electrons. The number of rotatable bonds is 1. The second-order valence-electron chi connectivity index (χ2n) is 5.57. The number of carbonyl (C=O) groups excluding carboxylic acids is 1. The molecule has 1 atom stereocenters. The molecule has 0 spiro atoms. The first-order chi connectivity index (χ1) is 7.00. The average molecular weight is 210 g/mol. The Morgan fingerprint density at radius 2 is 1.93 bits per heavy atom. The van der Waals surface area contributed by atoms with E-state index >= 15 is 0 Å². The average Bonchev–Trinajstić information content (AvgIpc) is 2.63. The van der Waals surface area contributed by atoms with Crippen LogP contribution in [0.5, 0.6) is 0 Å². The van der Waals surface area contributed by atoms with Crippen molar-refractivity contribution in [1.82, 2.24) is 10.2 Å². The van der Waals surface area contributed by atoms with Crippen molar-refractivity contribution < 1.29 is 4.79 Å². The Morgan fingerprint density at radius 1 is 1.33 bits per heavy atom. The Balaban J connectivity index is 2.12. The topological polar surface area (TPSA) is 32.3 Å². The summed E-state index contributed by atoms with van der Waals surface area (Å²) in [6.07, 6.45) is 4.98. The molecule has 2 fully saturated rings. The normalized spacial score (nSPS) is 32.3. The molecule has 1 aliphatic heterocycles. The third kappa shape index (κ3) is 2.03. The molecule has 1 saturated carbocycles. The van der Waals surface area contributed by atoms with Gasteiger partial charge in [0.05, 0.1) is 5.54 Å². The van der Waals surface area contributed by atoms with E-state index in [1.54, 1.807) is 0 Å². The second kappa shape index (κ2) is 3.78. The molecule has 0 aromatic rings. The molecule has 1 saturated heterocycles. The molecule has 3 heteroatoms. The minimum Gasteiger partial charge on any atom is -0.337 e. The van der Waals surface area contributed by atoms with Crippen molar-refractivity contribution in [1.29, 1.82) is 0 Å². The zero-order valence-corrected chi connectivity index (χ0v) is 10.0. The van der Waals surface area contributed by atoms with Gasteiger partial charge in [0.25, 0.3) is 0 Å². The first-order valence-corrected chi connectivity index (χ1v) is 6.09. The van der Waals surface area contributed by atoms with Gasteiger partial charge in [0.1, 0.15) is 0 Å². The molecule has 0 bridgehead atoms. The molecular weight excluding hydrogens is 188 g/mol. The Bertz CT molecular complexity index is 256. The van der Waals surface area contributed by atoms with Crippen LogP contribution in [0.15, 0.2) is 0 Å². The van der Waals surface area contributed by atoms with Gasteiger partial charge in [-0.15, -0.1) is 0 Å². The highest BCUT2D eigenvalue weighted by Gasteiger charge is 2.41. The first-order valence-electron chi connectivity index (χ1n) is 6.09. The third-order valence-electron chi connectivity index (χ3n) is 3.64. The van der Waals surface area contributed by atoms with E-state index in [-0.39, 0.29) is 11.4 Å². The SMILES string of the molecule is CC1CN(C2CCCC2)C(=O)C(C)(C)N1. The number of nitrogens with one attached hydrogen (secondary N) is 1. The highest BCUT2D eigenvalue weighted by molar-refractivity contribution is 5.86. The highest BCUT2D eigenvalue weighted by Crippen LogP contribution is 2.27.